The molecule has 3 aromatic rings. The second-order valence-corrected chi connectivity index (χ2v) is 7.89. The molecule has 4 rings (SSSR count). The van der Waals surface area contributed by atoms with Crippen molar-refractivity contribution >= 4 is 29.7 Å². The maximum atomic E-state index is 12.9. The average molecular weight is 432 g/mol. The van der Waals surface area contributed by atoms with Crippen molar-refractivity contribution in [3.63, 3.8) is 0 Å². The van der Waals surface area contributed by atoms with E-state index in [1.807, 2.05) is 18.2 Å². The standard InChI is InChI=1S/C21H21N3O3S.ClH/c1-14(15-5-3-2-4-6-15)7-9-23-10-11-24-13-16(20-22-8-12-28-20)18(25)19(26)17(24)21(23)27;/h2-6,8,12-14,26H,7,9-11H2,1H3;1H. The van der Waals surface area contributed by atoms with Gasteiger partial charge in [0.25, 0.3) is 5.91 Å². The summed E-state index contributed by atoms with van der Waals surface area (Å²) in [7, 11) is 0. The van der Waals surface area contributed by atoms with Crippen LogP contribution in [0.2, 0.25) is 0 Å². The molecule has 152 valence electrons. The number of nitrogens with zero attached hydrogens (tertiary/aromatic N) is 3. The fraction of sp³-hybridized carbons (Fsp3) is 0.286. The molecule has 1 unspecified atom stereocenters. The number of thiazole rings is 1. The van der Waals surface area contributed by atoms with E-state index in [2.05, 4.69) is 24.0 Å². The topological polar surface area (TPSA) is 75.4 Å². The number of halogens is 1. The van der Waals surface area contributed by atoms with Gasteiger partial charge in [-0.25, -0.2) is 4.98 Å². The van der Waals surface area contributed by atoms with Crippen LogP contribution in [-0.4, -0.2) is 38.6 Å². The highest BCUT2D eigenvalue weighted by Crippen LogP contribution is 2.27. The molecule has 1 aliphatic heterocycles. The van der Waals surface area contributed by atoms with Gasteiger partial charge < -0.3 is 14.6 Å². The predicted octanol–water partition coefficient (Wildman–Crippen LogP) is 3.75. The number of pyridine rings is 1. The Morgan fingerprint density at radius 1 is 1.21 bits per heavy atom. The lowest BCUT2D eigenvalue weighted by atomic mass is 9.97. The van der Waals surface area contributed by atoms with E-state index in [0.29, 0.717) is 36.1 Å². The molecule has 1 aromatic carbocycles. The largest absolute Gasteiger partial charge is 0.503 e. The number of aromatic hydroxyl groups is 1. The summed E-state index contributed by atoms with van der Waals surface area (Å²) in [5.41, 5.74) is 1.09. The SMILES string of the molecule is CC(CCN1CCn2cc(-c3nccs3)c(=O)c(O)c2C1=O)c1ccccc1.Cl. The van der Waals surface area contributed by atoms with Crippen molar-refractivity contribution in [1.82, 2.24) is 14.5 Å². The fourth-order valence-electron chi connectivity index (χ4n) is 3.55. The van der Waals surface area contributed by atoms with Gasteiger partial charge >= 0.3 is 0 Å². The first-order chi connectivity index (χ1) is 13.6. The van der Waals surface area contributed by atoms with Crippen LogP contribution in [0.25, 0.3) is 10.6 Å². The summed E-state index contributed by atoms with van der Waals surface area (Å²) in [6, 6.07) is 10.2. The van der Waals surface area contributed by atoms with Crippen LogP contribution in [0.1, 0.15) is 35.3 Å². The summed E-state index contributed by atoms with van der Waals surface area (Å²) in [4.78, 5) is 31.4. The summed E-state index contributed by atoms with van der Waals surface area (Å²) < 4.78 is 1.67. The second-order valence-electron chi connectivity index (χ2n) is 6.99. The Hall–Kier alpha value is -2.64. The van der Waals surface area contributed by atoms with E-state index >= 15 is 0 Å². The van der Waals surface area contributed by atoms with Crippen molar-refractivity contribution in [3.8, 4) is 16.3 Å². The van der Waals surface area contributed by atoms with Gasteiger partial charge in [0.1, 0.15) is 5.01 Å². The molecule has 1 aliphatic rings. The molecule has 0 aliphatic carbocycles. The van der Waals surface area contributed by atoms with Crippen LogP contribution in [-0.2, 0) is 6.54 Å². The van der Waals surface area contributed by atoms with Gasteiger partial charge in [0, 0.05) is 37.4 Å². The van der Waals surface area contributed by atoms with Crippen LogP contribution in [0.15, 0.2) is 52.9 Å². The molecule has 0 bridgehead atoms. The summed E-state index contributed by atoms with van der Waals surface area (Å²) in [5, 5.41) is 12.8. The molecular formula is C21H22ClN3O3S. The van der Waals surface area contributed by atoms with Crippen LogP contribution in [0.5, 0.6) is 5.75 Å². The van der Waals surface area contributed by atoms with E-state index in [4.69, 9.17) is 0 Å². The molecule has 0 radical (unpaired) electrons. The minimum Gasteiger partial charge on any atom is -0.503 e. The lowest BCUT2D eigenvalue weighted by Gasteiger charge is -2.31. The van der Waals surface area contributed by atoms with E-state index < -0.39 is 11.2 Å². The normalized spacial score (nSPS) is 14.2. The molecule has 0 saturated heterocycles. The Bertz CT molecular complexity index is 1050. The van der Waals surface area contributed by atoms with Gasteiger partial charge in [-0.2, -0.15) is 0 Å². The molecule has 29 heavy (non-hydrogen) atoms. The van der Waals surface area contributed by atoms with Crippen LogP contribution in [0.3, 0.4) is 0 Å². The van der Waals surface area contributed by atoms with E-state index in [1.54, 1.807) is 27.2 Å². The number of aromatic nitrogens is 2. The maximum absolute atomic E-state index is 12.9. The molecule has 1 amide bonds. The number of hydrogen-bond donors (Lipinski definition) is 1. The van der Waals surface area contributed by atoms with Crippen LogP contribution >= 0.6 is 23.7 Å². The molecule has 0 fully saturated rings. The van der Waals surface area contributed by atoms with Gasteiger partial charge in [-0.05, 0) is 17.9 Å². The Kier molecular flexibility index (Phi) is 6.39. The van der Waals surface area contributed by atoms with E-state index in [-0.39, 0.29) is 24.0 Å². The van der Waals surface area contributed by atoms with Gasteiger partial charge in [-0.1, -0.05) is 37.3 Å². The predicted molar refractivity (Wildman–Crippen MR) is 116 cm³/mol. The third-order valence-electron chi connectivity index (χ3n) is 5.22. The smallest absolute Gasteiger partial charge is 0.274 e. The number of benzene rings is 1. The van der Waals surface area contributed by atoms with E-state index in [1.165, 1.54) is 16.9 Å². The van der Waals surface area contributed by atoms with Gasteiger partial charge in [-0.3, -0.25) is 9.59 Å². The molecule has 8 heteroatoms. The van der Waals surface area contributed by atoms with Crippen molar-refractivity contribution in [2.75, 3.05) is 13.1 Å². The Balaban J connectivity index is 0.00000240. The van der Waals surface area contributed by atoms with Crippen LogP contribution in [0.4, 0.5) is 0 Å². The Morgan fingerprint density at radius 2 is 1.97 bits per heavy atom. The minimum absolute atomic E-state index is 0. The highest BCUT2D eigenvalue weighted by atomic mass is 35.5. The molecule has 2 aromatic heterocycles. The van der Waals surface area contributed by atoms with Crippen molar-refractivity contribution in [1.29, 1.82) is 0 Å². The van der Waals surface area contributed by atoms with Crippen LogP contribution in [0, 0.1) is 0 Å². The monoisotopic (exact) mass is 431 g/mol. The van der Waals surface area contributed by atoms with E-state index in [9.17, 15) is 14.7 Å². The first-order valence-electron chi connectivity index (χ1n) is 9.26. The number of fused-ring (bicyclic) bond motifs is 1. The van der Waals surface area contributed by atoms with Crippen molar-refractivity contribution in [2.45, 2.75) is 25.8 Å². The maximum Gasteiger partial charge on any atom is 0.274 e. The van der Waals surface area contributed by atoms with Gasteiger partial charge in [0.15, 0.2) is 11.4 Å². The lowest BCUT2D eigenvalue weighted by molar-refractivity contribution is 0.0692. The third kappa shape index (κ3) is 4.06. The molecule has 1 atom stereocenters. The first kappa shape index (κ1) is 21.1. The summed E-state index contributed by atoms with van der Waals surface area (Å²) in [5.74, 6) is -0.468. The lowest BCUT2D eigenvalue weighted by Crippen LogP contribution is -2.42. The van der Waals surface area contributed by atoms with Gasteiger partial charge in [-0.15, -0.1) is 23.7 Å². The number of hydrogen-bond acceptors (Lipinski definition) is 5. The zero-order valence-electron chi connectivity index (χ0n) is 15.9. The molecular weight excluding hydrogens is 410 g/mol. The summed E-state index contributed by atoms with van der Waals surface area (Å²) in [6.07, 6.45) is 4.07. The highest BCUT2D eigenvalue weighted by Gasteiger charge is 2.30. The summed E-state index contributed by atoms with van der Waals surface area (Å²) in [6.45, 7) is 3.80. The zero-order chi connectivity index (χ0) is 19.7. The van der Waals surface area contributed by atoms with Crippen LogP contribution < -0.4 is 5.43 Å². The average Bonchev–Trinajstić information content (AvgIpc) is 3.25. The van der Waals surface area contributed by atoms with Gasteiger partial charge in [0.05, 0.1) is 5.56 Å². The molecule has 0 spiro atoms. The van der Waals surface area contributed by atoms with Crippen molar-refractivity contribution in [2.24, 2.45) is 0 Å². The highest BCUT2D eigenvalue weighted by molar-refractivity contribution is 7.13. The molecule has 0 saturated carbocycles. The number of rotatable bonds is 5. The second kappa shape index (κ2) is 8.80. The third-order valence-corrected chi connectivity index (χ3v) is 6.03. The van der Waals surface area contributed by atoms with Gasteiger partial charge in [0.2, 0.25) is 5.43 Å². The minimum atomic E-state index is -0.547. The first-order valence-corrected chi connectivity index (χ1v) is 10.1. The van der Waals surface area contributed by atoms with Crippen molar-refractivity contribution in [3.05, 3.63) is 69.6 Å². The Morgan fingerprint density at radius 3 is 2.66 bits per heavy atom. The van der Waals surface area contributed by atoms with Crippen molar-refractivity contribution < 1.29 is 9.90 Å². The number of carbonyl (C=O) groups excluding carboxylic acids is 1. The molecule has 6 nitrogen and oxygen atoms in total. The van der Waals surface area contributed by atoms with E-state index in [0.717, 1.165) is 6.42 Å². The molecule has 1 N–H and O–H groups in total. The fourth-order valence-corrected chi connectivity index (χ4v) is 4.19. The molecule has 3 heterocycles. The summed E-state index contributed by atoms with van der Waals surface area (Å²) >= 11 is 1.33. The zero-order valence-corrected chi connectivity index (χ0v) is 17.6. The quantitative estimate of drug-likeness (QED) is 0.667. The Labute approximate surface area is 178 Å². The number of amides is 1. The number of carbonyl (C=O) groups is 1.